The van der Waals surface area contributed by atoms with Crippen LogP contribution in [0.2, 0.25) is 0 Å². The minimum atomic E-state index is -0.590. The molecule has 0 aliphatic heterocycles. The Kier molecular flexibility index (Phi) is 5.13. The third-order valence-corrected chi connectivity index (χ3v) is 3.31. The molecule has 0 bridgehead atoms. The third-order valence-electron chi connectivity index (χ3n) is 3.31. The maximum atomic E-state index is 11.7. The number of rotatable bonds is 6. The number of ether oxygens (including phenoxy) is 1. The summed E-state index contributed by atoms with van der Waals surface area (Å²) in [6, 6.07) is 13.7. The Bertz CT molecular complexity index is 580. The second-order valence-electron chi connectivity index (χ2n) is 5.01. The zero-order valence-electron chi connectivity index (χ0n) is 11.8. The van der Waals surface area contributed by atoms with Crippen LogP contribution in [0.1, 0.15) is 25.3 Å². The van der Waals surface area contributed by atoms with Gasteiger partial charge >= 0.3 is 5.97 Å². The van der Waals surface area contributed by atoms with E-state index in [4.69, 9.17) is 10.5 Å². The summed E-state index contributed by atoms with van der Waals surface area (Å²) in [6.07, 6.45) is 2.40. The van der Waals surface area contributed by atoms with Gasteiger partial charge in [0, 0.05) is 0 Å². The molecule has 0 aliphatic rings. The van der Waals surface area contributed by atoms with Crippen molar-refractivity contribution in [3.63, 3.8) is 0 Å². The molecular weight excluding hydrogens is 250 g/mol. The molecule has 2 N–H and O–H groups in total. The highest BCUT2D eigenvalue weighted by molar-refractivity contribution is 5.83. The lowest BCUT2D eigenvalue weighted by molar-refractivity contribution is -0.145. The van der Waals surface area contributed by atoms with Gasteiger partial charge in [0.05, 0.1) is 6.61 Å². The van der Waals surface area contributed by atoms with E-state index < -0.39 is 6.04 Å². The van der Waals surface area contributed by atoms with Gasteiger partial charge in [0.2, 0.25) is 0 Å². The highest BCUT2D eigenvalue weighted by Gasteiger charge is 2.15. The van der Waals surface area contributed by atoms with Gasteiger partial charge in [-0.15, -0.1) is 0 Å². The van der Waals surface area contributed by atoms with Crippen LogP contribution in [-0.2, 0) is 16.0 Å². The second-order valence-corrected chi connectivity index (χ2v) is 5.01. The number of hydrogen-bond acceptors (Lipinski definition) is 3. The van der Waals surface area contributed by atoms with E-state index in [2.05, 4.69) is 31.2 Å². The molecule has 1 atom stereocenters. The van der Waals surface area contributed by atoms with Crippen LogP contribution in [0.3, 0.4) is 0 Å². The fraction of sp³-hybridized carbons (Fsp3) is 0.353. The fourth-order valence-corrected chi connectivity index (χ4v) is 2.13. The molecule has 0 saturated heterocycles. The van der Waals surface area contributed by atoms with E-state index in [0.717, 1.165) is 23.8 Å². The lowest BCUT2D eigenvalue weighted by Crippen LogP contribution is -2.34. The quantitative estimate of drug-likeness (QED) is 0.649. The SMILES string of the molecule is CCCCOC(=O)[C@@H](N)Cc1ccc2ccccc2c1. The van der Waals surface area contributed by atoms with Crippen LogP contribution in [-0.4, -0.2) is 18.6 Å². The van der Waals surface area contributed by atoms with Crippen molar-refractivity contribution >= 4 is 16.7 Å². The summed E-state index contributed by atoms with van der Waals surface area (Å²) in [5.74, 6) is -0.313. The van der Waals surface area contributed by atoms with E-state index in [0.29, 0.717) is 13.0 Å². The highest BCUT2D eigenvalue weighted by atomic mass is 16.5. The standard InChI is InChI=1S/C17H21NO2/c1-2-3-10-20-17(19)16(18)12-13-8-9-14-6-4-5-7-15(14)11-13/h4-9,11,16H,2-3,10,12,18H2,1H3/t16-/m0/s1. The molecule has 20 heavy (non-hydrogen) atoms. The normalized spacial score (nSPS) is 12.3. The average molecular weight is 271 g/mol. The van der Waals surface area contributed by atoms with Crippen molar-refractivity contribution in [1.29, 1.82) is 0 Å². The van der Waals surface area contributed by atoms with Crippen molar-refractivity contribution in [2.75, 3.05) is 6.61 Å². The van der Waals surface area contributed by atoms with Crippen molar-refractivity contribution in [1.82, 2.24) is 0 Å². The van der Waals surface area contributed by atoms with Gasteiger partial charge in [-0.05, 0) is 29.2 Å². The molecule has 2 aromatic rings. The number of unbranched alkanes of at least 4 members (excludes halogenated alkanes) is 1. The van der Waals surface area contributed by atoms with E-state index in [1.165, 1.54) is 5.39 Å². The summed E-state index contributed by atoms with van der Waals surface area (Å²) in [6.45, 7) is 2.52. The molecule has 0 aromatic heterocycles. The van der Waals surface area contributed by atoms with Crippen LogP contribution >= 0.6 is 0 Å². The number of carbonyl (C=O) groups is 1. The number of esters is 1. The van der Waals surface area contributed by atoms with Crippen molar-refractivity contribution in [3.8, 4) is 0 Å². The summed E-state index contributed by atoms with van der Waals surface area (Å²) in [7, 11) is 0. The summed E-state index contributed by atoms with van der Waals surface area (Å²) in [5, 5.41) is 2.35. The molecule has 2 rings (SSSR count). The maximum absolute atomic E-state index is 11.7. The smallest absolute Gasteiger partial charge is 0.323 e. The molecule has 3 nitrogen and oxygen atoms in total. The van der Waals surface area contributed by atoms with Gasteiger partial charge in [0.25, 0.3) is 0 Å². The Morgan fingerprint density at radius 2 is 1.95 bits per heavy atom. The monoisotopic (exact) mass is 271 g/mol. The number of hydrogen-bond donors (Lipinski definition) is 1. The first-order valence-corrected chi connectivity index (χ1v) is 7.10. The summed E-state index contributed by atoms with van der Waals surface area (Å²) >= 11 is 0. The largest absolute Gasteiger partial charge is 0.465 e. The number of carbonyl (C=O) groups excluding carboxylic acids is 1. The van der Waals surface area contributed by atoms with Gasteiger partial charge in [0.15, 0.2) is 0 Å². The van der Waals surface area contributed by atoms with E-state index in [1.54, 1.807) is 0 Å². The van der Waals surface area contributed by atoms with Gasteiger partial charge in [-0.2, -0.15) is 0 Å². The zero-order chi connectivity index (χ0) is 14.4. The molecule has 0 saturated carbocycles. The van der Waals surface area contributed by atoms with Crippen LogP contribution in [0.4, 0.5) is 0 Å². The van der Waals surface area contributed by atoms with Gasteiger partial charge in [-0.1, -0.05) is 55.8 Å². The summed E-state index contributed by atoms with van der Waals surface area (Å²) < 4.78 is 5.14. The van der Waals surface area contributed by atoms with Crippen molar-refractivity contribution in [2.45, 2.75) is 32.2 Å². The van der Waals surface area contributed by atoms with Crippen LogP contribution in [0.15, 0.2) is 42.5 Å². The molecule has 2 aromatic carbocycles. The van der Waals surface area contributed by atoms with Gasteiger partial charge in [-0.25, -0.2) is 0 Å². The van der Waals surface area contributed by atoms with E-state index in [-0.39, 0.29) is 5.97 Å². The minimum absolute atomic E-state index is 0.313. The summed E-state index contributed by atoms with van der Waals surface area (Å²) in [4.78, 5) is 11.7. The molecule has 0 heterocycles. The zero-order valence-corrected chi connectivity index (χ0v) is 11.8. The average Bonchev–Trinajstić information content (AvgIpc) is 2.47. The molecule has 3 heteroatoms. The van der Waals surface area contributed by atoms with Crippen LogP contribution in [0.5, 0.6) is 0 Å². The Hall–Kier alpha value is -1.87. The Labute approximate surface area is 119 Å². The number of nitrogens with two attached hydrogens (primary N) is 1. The highest BCUT2D eigenvalue weighted by Crippen LogP contribution is 2.16. The molecule has 0 aliphatic carbocycles. The second kappa shape index (κ2) is 7.06. The lowest BCUT2D eigenvalue weighted by Gasteiger charge is -2.12. The molecule has 106 valence electrons. The molecule has 0 fully saturated rings. The van der Waals surface area contributed by atoms with Gasteiger partial charge < -0.3 is 10.5 Å². The Morgan fingerprint density at radius 1 is 1.20 bits per heavy atom. The van der Waals surface area contributed by atoms with Gasteiger partial charge in [0.1, 0.15) is 6.04 Å². The van der Waals surface area contributed by atoms with E-state index >= 15 is 0 Å². The maximum Gasteiger partial charge on any atom is 0.323 e. The lowest BCUT2D eigenvalue weighted by atomic mass is 10.0. The minimum Gasteiger partial charge on any atom is -0.465 e. The first-order valence-electron chi connectivity index (χ1n) is 7.10. The van der Waals surface area contributed by atoms with Crippen molar-refractivity contribution in [3.05, 3.63) is 48.0 Å². The number of benzene rings is 2. The van der Waals surface area contributed by atoms with Crippen LogP contribution in [0, 0.1) is 0 Å². The van der Waals surface area contributed by atoms with Crippen molar-refractivity contribution < 1.29 is 9.53 Å². The van der Waals surface area contributed by atoms with E-state index in [9.17, 15) is 4.79 Å². The number of fused-ring (bicyclic) bond motifs is 1. The molecule has 0 spiro atoms. The third kappa shape index (κ3) is 3.81. The van der Waals surface area contributed by atoms with Crippen LogP contribution in [0.25, 0.3) is 10.8 Å². The Morgan fingerprint density at radius 3 is 2.70 bits per heavy atom. The van der Waals surface area contributed by atoms with Crippen molar-refractivity contribution in [2.24, 2.45) is 5.73 Å². The Balaban J connectivity index is 1.98. The summed E-state index contributed by atoms with van der Waals surface area (Å²) in [5.41, 5.74) is 6.96. The molecule has 0 amide bonds. The fourth-order valence-electron chi connectivity index (χ4n) is 2.13. The predicted octanol–water partition coefficient (Wildman–Crippen LogP) is 3.05. The molecule has 0 unspecified atom stereocenters. The first kappa shape index (κ1) is 14.5. The van der Waals surface area contributed by atoms with Crippen LogP contribution < -0.4 is 5.73 Å². The topological polar surface area (TPSA) is 52.3 Å². The van der Waals surface area contributed by atoms with E-state index in [1.807, 2.05) is 18.2 Å². The molecular formula is C17H21NO2. The molecule has 0 radical (unpaired) electrons. The van der Waals surface area contributed by atoms with Gasteiger partial charge in [-0.3, -0.25) is 4.79 Å². The predicted molar refractivity (Wildman–Crippen MR) is 81.5 cm³/mol. The first-order chi connectivity index (χ1) is 9.70.